The molecule has 2 aromatic rings. The van der Waals surface area contributed by atoms with Crippen molar-refractivity contribution in [2.75, 3.05) is 14.1 Å². The van der Waals surface area contributed by atoms with Crippen LogP contribution in [0.4, 0.5) is 0 Å². The molecule has 0 bridgehead atoms. The maximum atomic E-state index is 11.6. The molecule has 0 radical (unpaired) electrons. The van der Waals surface area contributed by atoms with E-state index in [2.05, 4.69) is 4.98 Å². The molecule has 17 heavy (non-hydrogen) atoms. The number of benzene rings is 1. The van der Waals surface area contributed by atoms with Gasteiger partial charge in [-0.15, -0.1) is 11.3 Å². The van der Waals surface area contributed by atoms with Gasteiger partial charge in [-0.25, -0.2) is 4.98 Å². The van der Waals surface area contributed by atoms with Crippen LogP contribution in [0.25, 0.3) is 11.3 Å². The summed E-state index contributed by atoms with van der Waals surface area (Å²) in [6.07, 6.45) is 0.379. The van der Waals surface area contributed by atoms with Crippen LogP contribution in [0.3, 0.4) is 0 Å². The van der Waals surface area contributed by atoms with E-state index in [4.69, 9.17) is 0 Å². The average Bonchev–Trinajstić information content (AvgIpc) is 2.78. The summed E-state index contributed by atoms with van der Waals surface area (Å²) in [4.78, 5) is 17.6. The van der Waals surface area contributed by atoms with Crippen LogP contribution in [0, 0.1) is 0 Å². The van der Waals surface area contributed by atoms with Crippen molar-refractivity contribution < 1.29 is 4.79 Å². The molecule has 88 valence electrons. The van der Waals surface area contributed by atoms with Gasteiger partial charge in [0.2, 0.25) is 5.91 Å². The summed E-state index contributed by atoms with van der Waals surface area (Å²) >= 11 is 1.53. The van der Waals surface area contributed by atoms with Crippen LogP contribution in [0.15, 0.2) is 35.7 Å². The lowest BCUT2D eigenvalue weighted by Gasteiger charge is -2.07. The largest absolute Gasteiger partial charge is 0.348 e. The molecule has 0 aliphatic carbocycles. The number of carbonyl (C=O) groups excluding carboxylic acids is 1. The van der Waals surface area contributed by atoms with Gasteiger partial charge in [-0.3, -0.25) is 4.79 Å². The Hall–Kier alpha value is -1.68. The monoisotopic (exact) mass is 246 g/mol. The van der Waals surface area contributed by atoms with E-state index < -0.39 is 0 Å². The maximum absolute atomic E-state index is 11.6. The highest BCUT2D eigenvalue weighted by atomic mass is 32.1. The fraction of sp³-hybridized carbons (Fsp3) is 0.231. The molecule has 0 saturated heterocycles. The summed E-state index contributed by atoms with van der Waals surface area (Å²) in [5, 5.41) is 2.86. The second-order valence-corrected chi connectivity index (χ2v) is 4.90. The van der Waals surface area contributed by atoms with Crippen LogP contribution in [0.5, 0.6) is 0 Å². The first-order chi connectivity index (χ1) is 8.16. The van der Waals surface area contributed by atoms with Gasteiger partial charge in [0.25, 0.3) is 0 Å². The molecule has 1 amide bonds. The van der Waals surface area contributed by atoms with Gasteiger partial charge in [0.1, 0.15) is 5.01 Å². The van der Waals surface area contributed by atoms with Crippen molar-refractivity contribution in [1.29, 1.82) is 0 Å². The van der Waals surface area contributed by atoms with Gasteiger partial charge in [-0.05, 0) is 0 Å². The first kappa shape index (κ1) is 11.8. The van der Waals surface area contributed by atoms with Gasteiger partial charge >= 0.3 is 0 Å². The zero-order valence-corrected chi connectivity index (χ0v) is 10.7. The molecule has 0 atom stereocenters. The lowest BCUT2D eigenvalue weighted by Crippen LogP contribution is -2.23. The SMILES string of the molecule is CN(C)C(=O)Cc1nc(-c2ccccc2)cs1. The minimum atomic E-state index is 0.0824. The van der Waals surface area contributed by atoms with Crippen molar-refractivity contribution in [2.24, 2.45) is 0 Å². The van der Waals surface area contributed by atoms with Gasteiger partial charge in [0.15, 0.2) is 0 Å². The molecular weight excluding hydrogens is 232 g/mol. The third-order valence-electron chi connectivity index (χ3n) is 2.42. The number of rotatable bonds is 3. The number of thiazole rings is 1. The van der Waals surface area contributed by atoms with Crippen molar-refractivity contribution in [1.82, 2.24) is 9.88 Å². The Kier molecular flexibility index (Phi) is 3.54. The second kappa shape index (κ2) is 5.10. The number of carbonyl (C=O) groups is 1. The highest BCUT2D eigenvalue weighted by molar-refractivity contribution is 7.10. The van der Waals surface area contributed by atoms with Crippen molar-refractivity contribution in [3.05, 3.63) is 40.7 Å². The van der Waals surface area contributed by atoms with Crippen LogP contribution in [0.1, 0.15) is 5.01 Å². The molecule has 1 aromatic heterocycles. The summed E-state index contributed by atoms with van der Waals surface area (Å²) in [6, 6.07) is 9.99. The topological polar surface area (TPSA) is 33.2 Å². The van der Waals surface area contributed by atoms with Gasteiger partial charge in [0, 0.05) is 25.0 Å². The summed E-state index contributed by atoms with van der Waals surface area (Å²) in [6.45, 7) is 0. The average molecular weight is 246 g/mol. The fourth-order valence-electron chi connectivity index (χ4n) is 1.42. The Balaban J connectivity index is 2.14. The van der Waals surface area contributed by atoms with Crippen molar-refractivity contribution >= 4 is 17.2 Å². The van der Waals surface area contributed by atoms with E-state index in [1.165, 1.54) is 11.3 Å². The van der Waals surface area contributed by atoms with E-state index in [1.807, 2.05) is 35.7 Å². The van der Waals surface area contributed by atoms with Crippen LogP contribution >= 0.6 is 11.3 Å². The van der Waals surface area contributed by atoms with Gasteiger partial charge < -0.3 is 4.90 Å². The number of likely N-dealkylation sites (N-methyl/N-ethyl adjacent to an activating group) is 1. The molecule has 4 heteroatoms. The first-order valence-corrected chi connectivity index (χ1v) is 6.25. The molecule has 2 rings (SSSR count). The lowest BCUT2D eigenvalue weighted by molar-refractivity contribution is -0.127. The summed E-state index contributed by atoms with van der Waals surface area (Å²) in [5.41, 5.74) is 2.03. The molecular formula is C13H14N2OS. The highest BCUT2D eigenvalue weighted by Gasteiger charge is 2.10. The molecule has 0 fully saturated rings. The van der Waals surface area contributed by atoms with E-state index in [1.54, 1.807) is 19.0 Å². The normalized spacial score (nSPS) is 10.2. The van der Waals surface area contributed by atoms with Crippen molar-refractivity contribution in [3.8, 4) is 11.3 Å². The third kappa shape index (κ3) is 2.91. The molecule has 0 spiro atoms. The first-order valence-electron chi connectivity index (χ1n) is 5.37. The number of amides is 1. The Morgan fingerprint density at radius 2 is 2.00 bits per heavy atom. The minimum absolute atomic E-state index is 0.0824. The Labute approximate surface area is 105 Å². The van der Waals surface area contributed by atoms with E-state index in [-0.39, 0.29) is 5.91 Å². The van der Waals surface area contributed by atoms with E-state index in [0.717, 1.165) is 16.3 Å². The second-order valence-electron chi connectivity index (χ2n) is 3.96. The van der Waals surface area contributed by atoms with Crippen LogP contribution in [-0.2, 0) is 11.2 Å². The minimum Gasteiger partial charge on any atom is -0.348 e. The van der Waals surface area contributed by atoms with E-state index in [9.17, 15) is 4.79 Å². The zero-order valence-electron chi connectivity index (χ0n) is 9.88. The fourth-order valence-corrected chi connectivity index (χ4v) is 2.22. The quantitative estimate of drug-likeness (QED) is 0.833. The van der Waals surface area contributed by atoms with Gasteiger partial charge in [-0.2, -0.15) is 0 Å². The maximum Gasteiger partial charge on any atom is 0.228 e. The molecule has 0 N–H and O–H groups in total. The Bertz CT molecular complexity index is 505. The Morgan fingerprint density at radius 1 is 1.29 bits per heavy atom. The molecule has 0 saturated carbocycles. The molecule has 0 aliphatic heterocycles. The summed E-state index contributed by atoms with van der Waals surface area (Å²) in [5.74, 6) is 0.0824. The number of aromatic nitrogens is 1. The molecule has 1 heterocycles. The predicted molar refractivity (Wildman–Crippen MR) is 69.9 cm³/mol. The van der Waals surface area contributed by atoms with Crippen LogP contribution in [0.2, 0.25) is 0 Å². The zero-order chi connectivity index (χ0) is 12.3. The van der Waals surface area contributed by atoms with Crippen LogP contribution < -0.4 is 0 Å². The standard InChI is InChI=1S/C13H14N2OS/c1-15(2)13(16)8-12-14-11(9-17-12)10-6-4-3-5-7-10/h3-7,9H,8H2,1-2H3. The number of hydrogen-bond donors (Lipinski definition) is 0. The third-order valence-corrected chi connectivity index (χ3v) is 3.27. The van der Waals surface area contributed by atoms with E-state index in [0.29, 0.717) is 6.42 Å². The highest BCUT2D eigenvalue weighted by Crippen LogP contribution is 2.21. The number of hydrogen-bond acceptors (Lipinski definition) is 3. The Morgan fingerprint density at radius 3 is 2.65 bits per heavy atom. The van der Waals surface area contributed by atoms with Gasteiger partial charge in [0.05, 0.1) is 12.1 Å². The smallest absolute Gasteiger partial charge is 0.228 e. The van der Waals surface area contributed by atoms with E-state index >= 15 is 0 Å². The lowest BCUT2D eigenvalue weighted by atomic mass is 10.2. The van der Waals surface area contributed by atoms with Crippen molar-refractivity contribution in [3.63, 3.8) is 0 Å². The molecule has 1 aromatic carbocycles. The summed E-state index contributed by atoms with van der Waals surface area (Å²) in [7, 11) is 3.52. The number of nitrogens with zero attached hydrogens (tertiary/aromatic N) is 2. The van der Waals surface area contributed by atoms with Crippen molar-refractivity contribution in [2.45, 2.75) is 6.42 Å². The molecule has 0 aliphatic rings. The molecule has 3 nitrogen and oxygen atoms in total. The van der Waals surface area contributed by atoms with Crippen LogP contribution in [-0.4, -0.2) is 29.9 Å². The predicted octanol–water partition coefficient (Wildman–Crippen LogP) is 2.44. The summed E-state index contributed by atoms with van der Waals surface area (Å²) < 4.78 is 0. The molecule has 0 unspecified atom stereocenters. The van der Waals surface area contributed by atoms with Gasteiger partial charge in [-0.1, -0.05) is 30.3 Å².